The SMILES string of the molecule is CC(C)Cc1cc(-c2[c-]cccc2)nc[c]1[Ge]([CH3])([CH3])[CH3].CC(C)c1cc(-c2ccccc2)cc(C(C)C)c1-n1c(-c2[c-]ccc3c2oc2ccccc23)nc2nc3ccccc3nc21.[Ir]. The Bertz CT molecular complexity index is 3250. The Morgan fingerprint density at radius 1 is 0.646 bits per heavy atom. The van der Waals surface area contributed by atoms with Gasteiger partial charge in [0.25, 0.3) is 0 Å². The predicted octanol–water partition coefficient (Wildman–Crippen LogP) is 14.5. The van der Waals surface area contributed by atoms with Gasteiger partial charge < -0.3 is 8.98 Å². The normalized spacial score (nSPS) is 11.8. The van der Waals surface area contributed by atoms with Crippen molar-refractivity contribution in [3.05, 3.63) is 168 Å². The summed E-state index contributed by atoms with van der Waals surface area (Å²) in [6.45, 7) is 13.6. The van der Waals surface area contributed by atoms with Crippen molar-refractivity contribution in [2.75, 3.05) is 0 Å². The zero-order chi connectivity index (χ0) is 44.7. The molecule has 10 rings (SSSR count). The Labute approximate surface area is 399 Å². The number of benzene rings is 6. The molecule has 65 heavy (non-hydrogen) atoms. The second-order valence-corrected chi connectivity index (χ2v) is 29.4. The third-order valence-corrected chi connectivity index (χ3v) is 16.2. The van der Waals surface area contributed by atoms with Crippen molar-refractivity contribution in [1.29, 1.82) is 0 Å². The summed E-state index contributed by atoms with van der Waals surface area (Å²) in [5, 5.41) is 2.10. The number of fused-ring (bicyclic) bond motifs is 5. The van der Waals surface area contributed by atoms with Gasteiger partial charge in [-0.1, -0.05) is 99.3 Å². The fourth-order valence-corrected chi connectivity index (χ4v) is 12.1. The molecule has 0 atom stereocenters. The van der Waals surface area contributed by atoms with Crippen molar-refractivity contribution in [2.45, 2.75) is 77.1 Å². The average Bonchev–Trinajstić information content (AvgIpc) is 3.86. The fourth-order valence-electron chi connectivity index (χ4n) is 8.79. The molecule has 0 aliphatic carbocycles. The van der Waals surface area contributed by atoms with Gasteiger partial charge in [0.2, 0.25) is 0 Å². The number of imidazole rings is 1. The molecule has 329 valence electrons. The molecule has 6 aromatic carbocycles. The van der Waals surface area contributed by atoms with E-state index >= 15 is 0 Å². The molecule has 4 aromatic heterocycles. The van der Waals surface area contributed by atoms with Crippen LogP contribution in [0.3, 0.4) is 0 Å². The molecular weight excluding hydrogens is 1040 g/mol. The second-order valence-electron chi connectivity index (χ2n) is 18.9. The standard InChI is InChI=1S/C39H31N4O.C18H24GeN.Ir/c1-23(2)30-21-26(25-13-6-5-7-14-25)22-31(24(3)4)35(30)43-38(42-37-39(43)41-33-19-10-9-18-32(33)40-37)29-17-12-16-28-27-15-8-11-20-34(27)44-36(28)29;1-14(2)11-16-12-18(15-9-7-6-8-10-15)20-13-17(16)19(3,4)5;/h5-16,18-24H,1-4H3;6-9,12-14H,11H2,1-5H3;/q2*-1;. The largest absolute Gasteiger partial charge is 0.501 e. The van der Waals surface area contributed by atoms with Crippen molar-refractivity contribution in [3.8, 4) is 39.5 Å². The summed E-state index contributed by atoms with van der Waals surface area (Å²) >= 11 is -1.86. The summed E-state index contributed by atoms with van der Waals surface area (Å²) < 4.78 is 10.3. The number of hydrogen-bond donors (Lipinski definition) is 0. The molecular formula is C57H55GeIrN5O-2. The Balaban J connectivity index is 0.000000232. The van der Waals surface area contributed by atoms with E-state index in [1.54, 1.807) is 4.40 Å². The molecule has 0 fully saturated rings. The van der Waals surface area contributed by atoms with Crippen LogP contribution in [-0.2, 0) is 26.5 Å². The van der Waals surface area contributed by atoms with E-state index in [4.69, 9.17) is 24.4 Å². The van der Waals surface area contributed by atoms with Crippen molar-refractivity contribution < 1.29 is 24.5 Å². The van der Waals surface area contributed by atoms with Crippen LogP contribution < -0.4 is 4.40 Å². The van der Waals surface area contributed by atoms with E-state index in [2.05, 4.69) is 148 Å². The van der Waals surface area contributed by atoms with Crippen LogP contribution in [0, 0.1) is 18.1 Å². The molecule has 0 bridgehead atoms. The van der Waals surface area contributed by atoms with Crippen LogP contribution >= 0.6 is 0 Å². The molecule has 0 saturated carbocycles. The van der Waals surface area contributed by atoms with E-state index in [1.165, 1.54) is 27.8 Å². The number of pyridine rings is 1. The van der Waals surface area contributed by atoms with Crippen LogP contribution in [0.15, 0.2) is 144 Å². The van der Waals surface area contributed by atoms with Gasteiger partial charge in [-0.3, -0.25) is 4.98 Å². The second kappa shape index (κ2) is 19.0. The molecule has 0 amide bonds. The van der Waals surface area contributed by atoms with Crippen molar-refractivity contribution >= 4 is 61.9 Å². The average molecular weight is 1090 g/mol. The molecule has 4 heterocycles. The van der Waals surface area contributed by atoms with E-state index in [-0.39, 0.29) is 31.9 Å². The quantitative estimate of drug-likeness (QED) is 0.106. The van der Waals surface area contributed by atoms with Gasteiger partial charge >= 0.3 is 126 Å². The molecule has 6 nitrogen and oxygen atoms in total. The molecule has 0 spiro atoms. The first kappa shape index (κ1) is 45.8. The Morgan fingerprint density at radius 3 is 1.97 bits per heavy atom. The maximum Gasteiger partial charge on any atom is 0.188 e. The summed E-state index contributed by atoms with van der Waals surface area (Å²) in [4.78, 5) is 20.1. The zero-order valence-corrected chi connectivity index (χ0v) is 43.2. The third-order valence-electron chi connectivity index (χ3n) is 11.9. The van der Waals surface area contributed by atoms with Gasteiger partial charge in [-0.05, 0) is 64.4 Å². The van der Waals surface area contributed by atoms with Crippen LogP contribution in [0.5, 0.6) is 0 Å². The number of hydrogen-bond acceptors (Lipinski definition) is 5. The van der Waals surface area contributed by atoms with Crippen LogP contribution in [-0.4, -0.2) is 37.8 Å². The Morgan fingerprint density at radius 2 is 1.31 bits per heavy atom. The molecule has 8 heteroatoms. The van der Waals surface area contributed by atoms with Gasteiger partial charge in [0.05, 0.1) is 22.4 Å². The van der Waals surface area contributed by atoms with Crippen LogP contribution in [0.1, 0.15) is 70.1 Å². The van der Waals surface area contributed by atoms with Crippen molar-refractivity contribution in [2.24, 2.45) is 5.92 Å². The summed E-state index contributed by atoms with van der Waals surface area (Å²) in [5.41, 5.74) is 14.9. The van der Waals surface area contributed by atoms with E-state index < -0.39 is 13.3 Å². The maximum absolute atomic E-state index is 6.51. The molecule has 10 aromatic rings. The molecule has 0 saturated heterocycles. The number of furan rings is 1. The number of nitrogens with zero attached hydrogens (tertiary/aromatic N) is 5. The first-order valence-corrected chi connectivity index (χ1v) is 29.9. The van der Waals surface area contributed by atoms with Gasteiger partial charge in [0.15, 0.2) is 11.3 Å². The van der Waals surface area contributed by atoms with Gasteiger partial charge in [0, 0.05) is 31.2 Å². The minimum absolute atomic E-state index is 0. The maximum atomic E-state index is 6.51. The van der Waals surface area contributed by atoms with Crippen LogP contribution in [0.4, 0.5) is 0 Å². The van der Waals surface area contributed by atoms with Gasteiger partial charge in [-0.15, -0.1) is 18.2 Å². The molecule has 0 N–H and O–H groups in total. The van der Waals surface area contributed by atoms with Gasteiger partial charge in [0.1, 0.15) is 5.58 Å². The monoisotopic (exact) mass is 1090 g/mol. The molecule has 0 aliphatic heterocycles. The summed E-state index contributed by atoms with van der Waals surface area (Å²) in [7, 11) is 0. The first-order valence-electron chi connectivity index (χ1n) is 22.5. The molecule has 0 aliphatic rings. The topological polar surface area (TPSA) is 69.6 Å². The van der Waals surface area contributed by atoms with Gasteiger partial charge in [-0.2, -0.15) is 0 Å². The van der Waals surface area contributed by atoms with Crippen LogP contribution in [0.2, 0.25) is 17.3 Å². The fraction of sp³-hybridized carbons (Fsp3) is 0.228. The Hall–Kier alpha value is -5.73. The predicted molar refractivity (Wildman–Crippen MR) is 269 cm³/mol. The first-order chi connectivity index (χ1) is 30.9. The number of para-hydroxylation sites is 3. The van der Waals surface area contributed by atoms with E-state index in [0.717, 1.165) is 73.4 Å². The Kier molecular flexibility index (Phi) is 13.4. The van der Waals surface area contributed by atoms with E-state index in [0.29, 0.717) is 11.6 Å². The summed E-state index contributed by atoms with van der Waals surface area (Å²) in [6, 6.07) is 52.6. The number of rotatable bonds is 9. The zero-order valence-electron chi connectivity index (χ0n) is 38.7. The minimum atomic E-state index is -1.86. The van der Waals surface area contributed by atoms with Gasteiger partial charge in [-0.25, -0.2) is 9.97 Å². The van der Waals surface area contributed by atoms with Crippen molar-refractivity contribution in [1.82, 2.24) is 24.5 Å². The van der Waals surface area contributed by atoms with Crippen molar-refractivity contribution in [3.63, 3.8) is 0 Å². The minimum Gasteiger partial charge on any atom is -0.501 e. The molecule has 1 radical (unpaired) electrons. The summed E-state index contributed by atoms with van der Waals surface area (Å²) in [5.74, 6) is 9.18. The molecule has 0 unspecified atom stereocenters. The smallest absolute Gasteiger partial charge is 0.188 e. The van der Waals surface area contributed by atoms with E-state index in [1.807, 2.05) is 66.7 Å². The van der Waals surface area contributed by atoms with Crippen LogP contribution in [0.25, 0.3) is 83.7 Å². The summed E-state index contributed by atoms with van der Waals surface area (Å²) in [6.07, 6.45) is 3.27. The third kappa shape index (κ3) is 9.25. The number of aromatic nitrogens is 5. The van der Waals surface area contributed by atoms with E-state index in [9.17, 15) is 0 Å².